The maximum Gasteiger partial charge on any atom is 0.292 e. The predicted octanol–water partition coefficient (Wildman–Crippen LogP) is 2.20. The van der Waals surface area contributed by atoms with Crippen LogP contribution in [0.2, 0.25) is 0 Å². The van der Waals surface area contributed by atoms with Crippen LogP contribution >= 0.6 is 0 Å². The highest BCUT2D eigenvalue weighted by molar-refractivity contribution is 5.91. The first-order valence-corrected chi connectivity index (χ1v) is 7.95. The van der Waals surface area contributed by atoms with Gasteiger partial charge in [0.25, 0.3) is 5.91 Å². The number of Topliss-reactive ketones (excluding diaryl/α,β-unsaturated/α-hetero) is 1. The van der Waals surface area contributed by atoms with Crippen LogP contribution in [0.5, 0.6) is 0 Å². The molecule has 0 radical (unpaired) electrons. The zero-order valence-electron chi connectivity index (χ0n) is 12.9. The zero-order valence-corrected chi connectivity index (χ0v) is 12.9. The van der Waals surface area contributed by atoms with Crippen LogP contribution in [0.4, 0.5) is 0 Å². The van der Waals surface area contributed by atoms with Gasteiger partial charge in [0.15, 0.2) is 0 Å². The fourth-order valence-electron chi connectivity index (χ4n) is 3.52. The van der Waals surface area contributed by atoms with Crippen molar-refractivity contribution in [2.45, 2.75) is 57.2 Å². The normalized spacial score (nSPS) is 28.2. The van der Waals surface area contributed by atoms with Gasteiger partial charge < -0.3 is 19.0 Å². The molecule has 0 aromatic carbocycles. The second kappa shape index (κ2) is 6.20. The van der Waals surface area contributed by atoms with Crippen LogP contribution in [-0.2, 0) is 9.53 Å². The summed E-state index contributed by atoms with van der Waals surface area (Å²) in [7, 11) is 0. The maximum atomic E-state index is 12.4. The molecule has 22 heavy (non-hydrogen) atoms. The minimum absolute atomic E-state index is 0.118. The van der Waals surface area contributed by atoms with Crippen molar-refractivity contribution in [1.82, 2.24) is 10.1 Å². The minimum atomic E-state index is -0.241. The van der Waals surface area contributed by atoms with E-state index in [1.54, 1.807) is 17.9 Å². The fourth-order valence-corrected chi connectivity index (χ4v) is 3.52. The van der Waals surface area contributed by atoms with Crippen molar-refractivity contribution in [2.24, 2.45) is 0 Å². The number of hydrogen-bond acceptors (Lipinski definition) is 5. The number of ketones is 1. The summed E-state index contributed by atoms with van der Waals surface area (Å²) in [5.41, 5.74) is -0.241. The molecule has 0 bridgehead atoms. The van der Waals surface area contributed by atoms with Gasteiger partial charge in [0.2, 0.25) is 5.76 Å². The number of rotatable bonds is 4. The summed E-state index contributed by atoms with van der Waals surface area (Å²) < 4.78 is 11.2. The number of amides is 1. The molecule has 2 aliphatic rings. The first-order valence-electron chi connectivity index (χ1n) is 7.95. The number of carbonyl (C=O) groups excluding carboxylic acids is 2. The Morgan fingerprint density at radius 2 is 2.32 bits per heavy atom. The molecule has 2 aliphatic heterocycles. The molecular formula is C16H22N2O4. The van der Waals surface area contributed by atoms with E-state index < -0.39 is 0 Å². The molecule has 1 aromatic heterocycles. The van der Waals surface area contributed by atoms with E-state index in [9.17, 15) is 9.59 Å². The number of aromatic nitrogens is 1. The van der Waals surface area contributed by atoms with Crippen molar-refractivity contribution in [1.29, 1.82) is 0 Å². The van der Waals surface area contributed by atoms with E-state index in [2.05, 4.69) is 5.16 Å². The van der Waals surface area contributed by atoms with Crippen LogP contribution in [0, 0.1) is 0 Å². The van der Waals surface area contributed by atoms with Crippen molar-refractivity contribution in [2.75, 3.05) is 13.1 Å². The molecule has 1 amide bonds. The van der Waals surface area contributed by atoms with E-state index in [1.165, 1.54) is 6.20 Å². The SMILES string of the molecule is CC(=O)CC[C@H]1CC[C@]2(CCCN(C(=O)c3ccno3)C2)O1. The molecule has 2 atom stereocenters. The van der Waals surface area contributed by atoms with Gasteiger partial charge in [-0.1, -0.05) is 5.16 Å². The Labute approximate surface area is 129 Å². The van der Waals surface area contributed by atoms with Crippen molar-refractivity contribution in [3.63, 3.8) is 0 Å². The third kappa shape index (κ3) is 3.21. The number of likely N-dealkylation sites (tertiary alicyclic amines) is 1. The van der Waals surface area contributed by atoms with Gasteiger partial charge in [-0.3, -0.25) is 4.79 Å². The van der Waals surface area contributed by atoms with Crippen molar-refractivity contribution in [3.8, 4) is 0 Å². The highest BCUT2D eigenvalue weighted by Crippen LogP contribution is 2.39. The monoisotopic (exact) mass is 306 g/mol. The summed E-state index contributed by atoms with van der Waals surface area (Å²) >= 11 is 0. The smallest absolute Gasteiger partial charge is 0.292 e. The van der Waals surface area contributed by atoms with Crippen molar-refractivity contribution >= 4 is 11.7 Å². The minimum Gasteiger partial charge on any atom is -0.370 e. The van der Waals surface area contributed by atoms with Gasteiger partial charge in [0.1, 0.15) is 5.78 Å². The lowest BCUT2D eigenvalue weighted by Crippen LogP contribution is -2.50. The summed E-state index contributed by atoms with van der Waals surface area (Å²) in [5, 5.41) is 3.59. The lowest BCUT2D eigenvalue weighted by atomic mass is 9.89. The van der Waals surface area contributed by atoms with E-state index in [0.29, 0.717) is 13.0 Å². The topological polar surface area (TPSA) is 72.6 Å². The van der Waals surface area contributed by atoms with E-state index in [-0.39, 0.29) is 29.2 Å². The molecule has 2 saturated heterocycles. The summed E-state index contributed by atoms with van der Waals surface area (Å²) in [6, 6.07) is 1.59. The molecular weight excluding hydrogens is 284 g/mol. The Bertz CT molecular complexity index is 542. The molecule has 3 rings (SSSR count). The molecule has 0 N–H and O–H groups in total. The van der Waals surface area contributed by atoms with Gasteiger partial charge in [0.05, 0.1) is 24.4 Å². The second-order valence-electron chi connectivity index (χ2n) is 6.41. The number of nitrogens with zero attached hydrogens (tertiary/aromatic N) is 2. The molecule has 0 saturated carbocycles. The number of carbonyl (C=O) groups is 2. The van der Waals surface area contributed by atoms with E-state index >= 15 is 0 Å². The van der Waals surface area contributed by atoms with Gasteiger partial charge in [-0.2, -0.15) is 0 Å². The lowest BCUT2D eigenvalue weighted by Gasteiger charge is -2.39. The van der Waals surface area contributed by atoms with E-state index in [0.717, 1.165) is 38.6 Å². The molecule has 3 heterocycles. The summed E-state index contributed by atoms with van der Waals surface area (Å²) in [6.45, 7) is 2.94. The quantitative estimate of drug-likeness (QED) is 0.852. The average Bonchev–Trinajstić information content (AvgIpc) is 3.15. The zero-order chi connectivity index (χ0) is 15.6. The van der Waals surface area contributed by atoms with Crippen LogP contribution in [0.25, 0.3) is 0 Å². The van der Waals surface area contributed by atoms with Gasteiger partial charge >= 0.3 is 0 Å². The first kappa shape index (κ1) is 15.2. The maximum absolute atomic E-state index is 12.4. The van der Waals surface area contributed by atoms with E-state index in [1.807, 2.05) is 0 Å². The van der Waals surface area contributed by atoms with Crippen LogP contribution < -0.4 is 0 Å². The molecule has 0 unspecified atom stereocenters. The highest BCUT2D eigenvalue weighted by Gasteiger charge is 2.44. The lowest BCUT2D eigenvalue weighted by molar-refractivity contribution is -0.118. The van der Waals surface area contributed by atoms with Crippen LogP contribution in [0.3, 0.4) is 0 Å². The Kier molecular flexibility index (Phi) is 4.29. The van der Waals surface area contributed by atoms with Crippen molar-refractivity contribution in [3.05, 3.63) is 18.0 Å². The van der Waals surface area contributed by atoms with Gasteiger partial charge in [-0.05, 0) is 39.0 Å². The third-order valence-electron chi connectivity index (χ3n) is 4.63. The van der Waals surface area contributed by atoms with Gasteiger partial charge in [0, 0.05) is 19.0 Å². The highest BCUT2D eigenvalue weighted by atomic mass is 16.5. The molecule has 1 aromatic rings. The summed E-state index contributed by atoms with van der Waals surface area (Å²) in [5.74, 6) is 0.367. The molecule has 120 valence electrons. The molecule has 1 spiro atoms. The summed E-state index contributed by atoms with van der Waals surface area (Å²) in [6.07, 6.45) is 6.81. The van der Waals surface area contributed by atoms with Crippen molar-refractivity contribution < 1.29 is 18.8 Å². The standard InChI is InChI=1S/C16H22N2O4/c1-12(19)3-4-13-5-8-16(21-13)7-2-10-18(11-16)15(20)14-6-9-17-22-14/h6,9,13H,2-5,7-8,10-11H2,1H3/t13-,16-/m0/s1. The number of ether oxygens (including phenoxy) is 1. The average molecular weight is 306 g/mol. The number of hydrogen-bond donors (Lipinski definition) is 0. The van der Waals surface area contributed by atoms with Crippen LogP contribution in [0.15, 0.2) is 16.8 Å². The molecule has 2 fully saturated rings. The largest absolute Gasteiger partial charge is 0.370 e. The van der Waals surface area contributed by atoms with Crippen LogP contribution in [-0.4, -0.2) is 46.5 Å². The molecule has 0 aliphatic carbocycles. The first-order chi connectivity index (χ1) is 10.6. The Morgan fingerprint density at radius 3 is 3.05 bits per heavy atom. The number of piperidine rings is 1. The molecule has 6 nitrogen and oxygen atoms in total. The Hall–Kier alpha value is -1.69. The second-order valence-corrected chi connectivity index (χ2v) is 6.41. The van der Waals surface area contributed by atoms with Crippen LogP contribution in [0.1, 0.15) is 56.0 Å². The van der Waals surface area contributed by atoms with E-state index in [4.69, 9.17) is 9.26 Å². The summed E-state index contributed by atoms with van der Waals surface area (Å²) in [4.78, 5) is 25.3. The third-order valence-corrected chi connectivity index (χ3v) is 4.63. The predicted molar refractivity (Wildman–Crippen MR) is 78.4 cm³/mol. The Balaban J connectivity index is 1.61. The fraction of sp³-hybridized carbons (Fsp3) is 0.688. The van der Waals surface area contributed by atoms with Gasteiger partial charge in [-0.15, -0.1) is 0 Å². The Morgan fingerprint density at radius 1 is 1.45 bits per heavy atom. The molecule has 6 heteroatoms. The van der Waals surface area contributed by atoms with Gasteiger partial charge in [-0.25, -0.2) is 0 Å².